The number of amides is 3. The summed E-state index contributed by atoms with van der Waals surface area (Å²) >= 11 is 6.42. The molecule has 3 amide bonds. The molecular formula is C25H27ClN4O4. The van der Waals surface area contributed by atoms with Gasteiger partial charge in [-0.2, -0.15) is 0 Å². The summed E-state index contributed by atoms with van der Waals surface area (Å²) < 4.78 is 1.81. The zero-order chi connectivity index (χ0) is 24.2. The van der Waals surface area contributed by atoms with Crippen molar-refractivity contribution in [2.45, 2.75) is 38.6 Å². The standard InChI is InChI=1S/C25H27ClN4O4/c26-20-10-17(23(27)31)6-7-18(20)14-30-21-12-19(29-25(33)34)9-8-16(21)11-22(30)24(32)28-13-15-4-2-1-3-5-15/h6-12,15,29H,1-5,13-14H2,(H2,27,31)(H,28,32)(H,33,34). The van der Waals surface area contributed by atoms with Crippen LogP contribution in [0.3, 0.4) is 0 Å². The largest absolute Gasteiger partial charge is 0.465 e. The molecule has 3 aromatic rings. The number of carboxylic acid groups (broad SMARTS) is 1. The van der Waals surface area contributed by atoms with Gasteiger partial charge in [0.2, 0.25) is 5.91 Å². The molecule has 8 nitrogen and oxygen atoms in total. The van der Waals surface area contributed by atoms with Crippen molar-refractivity contribution in [1.29, 1.82) is 0 Å². The van der Waals surface area contributed by atoms with Crippen LogP contribution in [-0.4, -0.2) is 34.1 Å². The number of nitrogens with one attached hydrogen (secondary N) is 2. The molecule has 1 aromatic heterocycles. The fraction of sp³-hybridized carbons (Fsp3) is 0.320. The van der Waals surface area contributed by atoms with Gasteiger partial charge in [0.15, 0.2) is 0 Å². The van der Waals surface area contributed by atoms with Gasteiger partial charge in [0.1, 0.15) is 5.69 Å². The summed E-state index contributed by atoms with van der Waals surface area (Å²) in [5, 5.41) is 15.7. The average Bonchev–Trinajstić information content (AvgIpc) is 3.16. The molecule has 1 aliphatic rings. The van der Waals surface area contributed by atoms with Gasteiger partial charge < -0.3 is 20.7 Å². The van der Waals surface area contributed by atoms with E-state index in [0.717, 1.165) is 18.2 Å². The van der Waals surface area contributed by atoms with Gasteiger partial charge in [0.25, 0.3) is 5.91 Å². The van der Waals surface area contributed by atoms with Crippen molar-refractivity contribution in [1.82, 2.24) is 9.88 Å². The number of primary amides is 1. The van der Waals surface area contributed by atoms with Crippen LogP contribution < -0.4 is 16.4 Å². The van der Waals surface area contributed by atoms with E-state index in [1.807, 2.05) is 4.57 Å². The molecule has 34 heavy (non-hydrogen) atoms. The fourth-order valence-corrected chi connectivity index (χ4v) is 4.77. The van der Waals surface area contributed by atoms with Gasteiger partial charge in [-0.3, -0.25) is 14.9 Å². The zero-order valence-electron chi connectivity index (χ0n) is 18.6. The van der Waals surface area contributed by atoms with E-state index < -0.39 is 12.0 Å². The Morgan fingerprint density at radius 2 is 1.82 bits per heavy atom. The monoisotopic (exact) mass is 482 g/mol. The quantitative estimate of drug-likeness (QED) is 0.384. The summed E-state index contributed by atoms with van der Waals surface area (Å²) in [4.78, 5) is 35.8. The van der Waals surface area contributed by atoms with Crippen LogP contribution in [0.25, 0.3) is 10.9 Å². The van der Waals surface area contributed by atoms with Crippen molar-refractivity contribution < 1.29 is 19.5 Å². The Bertz CT molecular complexity index is 1250. The molecule has 1 saturated carbocycles. The third-order valence-electron chi connectivity index (χ3n) is 6.33. The molecule has 1 fully saturated rings. The van der Waals surface area contributed by atoms with Crippen molar-refractivity contribution in [2.75, 3.05) is 11.9 Å². The Hall–Kier alpha value is -3.52. The third-order valence-corrected chi connectivity index (χ3v) is 6.68. The Morgan fingerprint density at radius 3 is 2.50 bits per heavy atom. The van der Waals surface area contributed by atoms with Crippen molar-refractivity contribution in [3.05, 3.63) is 64.3 Å². The lowest BCUT2D eigenvalue weighted by atomic mass is 9.89. The van der Waals surface area contributed by atoms with E-state index in [9.17, 15) is 14.4 Å². The van der Waals surface area contributed by atoms with Crippen molar-refractivity contribution in [3.63, 3.8) is 0 Å². The molecule has 0 bridgehead atoms. The van der Waals surface area contributed by atoms with E-state index >= 15 is 0 Å². The summed E-state index contributed by atoms with van der Waals surface area (Å²) in [7, 11) is 0. The van der Waals surface area contributed by atoms with Gasteiger partial charge in [0.05, 0.1) is 5.52 Å². The molecule has 5 N–H and O–H groups in total. The van der Waals surface area contributed by atoms with Gasteiger partial charge in [-0.25, -0.2) is 4.79 Å². The summed E-state index contributed by atoms with van der Waals surface area (Å²) in [5.41, 5.74) is 7.87. The normalized spacial score (nSPS) is 14.1. The van der Waals surface area contributed by atoms with E-state index in [2.05, 4.69) is 10.6 Å². The summed E-state index contributed by atoms with van der Waals surface area (Å²) in [5.74, 6) is -0.288. The fourth-order valence-electron chi connectivity index (χ4n) is 4.53. The van der Waals surface area contributed by atoms with Gasteiger partial charge >= 0.3 is 6.09 Å². The molecule has 0 atom stereocenters. The van der Waals surface area contributed by atoms with E-state index in [-0.39, 0.29) is 12.5 Å². The molecular weight excluding hydrogens is 456 g/mol. The summed E-state index contributed by atoms with van der Waals surface area (Å²) in [6.07, 6.45) is 4.71. The number of nitrogens with zero attached hydrogens (tertiary/aromatic N) is 1. The predicted octanol–water partition coefficient (Wildman–Crippen LogP) is 4.84. The first-order chi connectivity index (χ1) is 16.3. The number of carbonyl (C=O) groups excluding carboxylic acids is 2. The second-order valence-corrected chi connectivity index (χ2v) is 9.11. The summed E-state index contributed by atoms with van der Waals surface area (Å²) in [6, 6.07) is 11.7. The molecule has 2 aromatic carbocycles. The van der Waals surface area contributed by atoms with Gasteiger partial charge in [-0.05, 0) is 54.7 Å². The Morgan fingerprint density at radius 1 is 1.06 bits per heavy atom. The van der Waals surface area contributed by atoms with Crippen LogP contribution in [0.4, 0.5) is 10.5 Å². The van der Waals surface area contributed by atoms with Crippen LogP contribution in [0.5, 0.6) is 0 Å². The molecule has 0 spiro atoms. The minimum absolute atomic E-state index is 0.195. The van der Waals surface area contributed by atoms with Crippen LogP contribution in [-0.2, 0) is 6.54 Å². The average molecular weight is 483 g/mol. The van der Waals surface area contributed by atoms with E-state index in [1.165, 1.54) is 25.3 Å². The van der Waals surface area contributed by atoms with E-state index in [1.54, 1.807) is 36.4 Å². The molecule has 4 rings (SSSR count). The first-order valence-electron chi connectivity index (χ1n) is 11.3. The van der Waals surface area contributed by atoms with Crippen LogP contribution in [0.2, 0.25) is 5.02 Å². The number of nitrogens with two attached hydrogens (primary N) is 1. The Kier molecular flexibility index (Phi) is 7.07. The highest BCUT2D eigenvalue weighted by molar-refractivity contribution is 6.31. The number of benzene rings is 2. The highest BCUT2D eigenvalue weighted by atomic mass is 35.5. The molecule has 1 aliphatic carbocycles. The van der Waals surface area contributed by atoms with Crippen LogP contribution in [0.15, 0.2) is 42.5 Å². The first kappa shape index (κ1) is 23.6. The lowest BCUT2D eigenvalue weighted by Crippen LogP contribution is -2.31. The number of rotatable bonds is 7. The topological polar surface area (TPSA) is 126 Å². The maximum Gasteiger partial charge on any atom is 0.409 e. The van der Waals surface area contributed by atoms with Crippen molar-refractivity contribution in [2.24, 2.45) is 11.7 Å². The zero-order valence-corrected chi connectivity index (χ0v) is 19.4. The van der Waals surface area contributed by atoms with Crippen LogP contribution in [0.1, 0.15) is 58.5 Å². The smallest absolute Gasteiger partial charge is 0.409 e. The first-order valence-corrected chi connectivity index (χ1v) is 11.7. The van der Waals surface area contributed by atoms with Crippen molar-refractivity contribution >= 4 is 46.1 Å². The molecule has 0 saturated heterocycles. The number of hydrogen-bond acceptors (Lipinski definition) is 3. The van der Waals surface area contributed by atoms with E-state index in [4.69, 9.17) is 22.4 Å². The third kappa shape index (κ3) is 5.34. The van der Waals surface area contributed by atoms with Crippen LogP contribution >= 0.6 is 11.6 Å². The lowest BCUT2D eigenvalue weighted by Gasteiger charge is -2.22. The van der Waals surface area contributed by atoms with Crippen LogP contribution in [0, 0.1) is 5.92 Å². The van der Waals surface area contributed by atoms with Gasteiger partial charge in [-0.15, -0.1) is 0 Å². The predicted molar refractivity (Wildman–Crippen MR) is 132 cm³/mol. The van der Waals surface area contributed by atoms with E-state index in [0.29, 0.717) is 45.5 Å². The molecule has 0 unspecified atom stereocenters. The second-order valence-electron chi connectivity index (χ2n) is 8.70. The number of carbonyl (C=O) groups is 3. The SMILES string of the molecule is NC(=O)c1ccc(Cn2c(C(=O)NCC3CCCCC3)cc3ccc(NC(=O)O)cc32)c(Cl)c1. The minimum atomic E-state index is -1.17. The molecule has 178 valence electrons. The number of anilines is 1. The molecule has 0 aliphatic heterocycles. The van der Waals surface area contributed by atoms with Crippen molar-refractivity contribution in [3.8, 4) is 0 Å². The number of halogens is 1. The number of hydrogen-bond donors (Lipinski definition) is 4. The Labute approximate surface area is 202 Å². The second kappa shape index (κ2) is 10.2. The minimum Gasteiger partial charge on any atom is -0.465 e. The highest BCUT2D eigenvalue weighted by Gasteiger charge is 2.20. The maximum atomic E-state index is 13.2. The lowest BCUT2D eigenvalue weighted by molar-refractivity contribution is 0.0934. The maximum absolute atomic E-state index is 13.2. The molecule has 9 heteroatoms. The van der Waals surface area contributed by atoms with Gasteiger partial charge in [-0.1, -0.05) is 43.0 Å². The number of fused-ring (bicyclic) bond motifs is 1. The van der Waals surface area contributed by atoms with Gasteiger partial charge in [0, 0.05) is 34.7 Å². The summed E-state index contributed by atoms with van der Waals surface area (Å²) in [6.45, 7) is 0.879. The molecule has 1 heterocycles. The number of aromatic nitrogens is 1. The Balaban J connectivity index is 1.69. The highest BCUT2D eigenvalue weighted by Crippen LogP contribution is 2.28. The molecule has 0 radical (unpaired) electrons.